The van der Waals surface area contributed by atoms with Crippen LogP contribution in [0.5, 0.6) is 0 Å². The van der Waals surface area contributed by atoms with Crippen LogP contribution in [-0.4, -0.2) is 83.7 Å². The van der Waals surface area contributed by atoms with Gasteiger partial charge < -0.3 is 26.0 Å². The molecule has 2 aromatic heterocycles. The highest BCUT2D eigenvalue weighted by molar-refractivity contribution is 6.12. The second kappa shape index (κ2) is 7.97. The molecule has 2 aromatic rings. The molecular formula is C20H27FN8O2. The van der Waals surface area contributed by atoms with Crippen LogP contribution in [0.15, 0.2) is 12.4 Å². The lowest BCUT2D eigenvalue weighted by atomic mass is 10.1. The van der Waals surface area contributed by atoms with Gasteiger partial charge in [0.05, 0.1) is 43.4 Å². The largest absolute Gasteiger partial charge is 0.381 e. The molecule has 31 heavy (non-hydrogen) atoms. The highest BCUT2D eigenvalue weighted by Gasteiger charge is 2.31. The van der Waals surface area contributed by atoms with Gasteiger partial charge in [-0.3, -0.25) is 14.7 Å². The summed E-state index contributed by atoms with van der Waals surface area (Å²) in [5.41, 5.74) is 8.81. The number of nitrogen functional groups attached to an aromatic ring is 1. The SMILES string of the molecule is Cc1cncc(NC(=O)c2c(N)nn3c2NCC(F)C3)c1N1CCN(C2COC2)CC1. The van der Waals surface area contributed by atoms with Crippen molar-refractivity contribution in [2.45, 2.75) is 25.7 Å². The Bertz CT molecular complexity index is 984. The quantitative estimate of drug-likeness (QED) is 0.650. The van der Waals surface area contributed by atoms with Gasteiger partial charge in [0, 0.05) is 38.9 Å². The van der Waals surface area contributed by atoms with Gasteiger partial charge in [0.15, 0.2) is 5.82 Å². The van der Waals surface area contributed by atoms with Crippen LogP contribution in [0.1, 0.15) is 15.9 Å². The van der Waals surface area contributed by atoms with E-state index in [9.17, 15) is 9.18 Å². The standard InChI is InChI=1S/C20H27FN8O2/c1-12-6-23-8-15(17(12)28-4-2-27(3-5-28)14-10-31-11-14)25-20(30)16-18(22)26-29-9-13(21)7-24-19(16)29/h6,8,13-14,24H,2-5,7,9-11H2,1H3,(H2,22,26)(H,25,30). The molecule has 5 rings (SSSR count). The van der Waals surface area contributed by atoms with Crippen molar-refractivity contribution in [1.82, 2.24) is 19.7 Å². The highest BCUT2D eigenvalue weighted by Crippen LogP contribution is 2.32. The Hall–Kier alpha value is -2.92. The lowest BCUT2D eigenvalue weighted by Gasteiger charge is -2.43. The molecular weight excluding hydrogens is 403 g/mol. The molecule has 5 heterocycles. The van der Waals surface area contributed by atoms with E-state index in [0.717, 1.165) is 50.6 Å². The summed E-state index contributed by atoms with van der Waals surface area (Å²) in [6.07, 6.45) is 2.39. The number of nitrogens with zero attached hydrogens (tertiary/aromatic N) is 5. The van der Waals surface area contributed by atoms with Gasteiger partial charge in [0.25, 0.3) is 5.91 Å². The fourth-order valence-corrected chi connectivity index (χ4v) is 4.47. The Labute approximate surface area is 179 Å². The Morgan fingerprint density at radius 1 is 1.29 bits per heavy atom. The predicted octanol–water partition coefficient (Wildman–Crippen LogP) is 0.705. The molecule has 0 spiro atoms. The first-order valence-corrected chi connectivity index (χ1v) is 10.6. The van der Waals surface area contributed by atoms with Crippen molar-refractivity contribution >= 4 is 28.9 Å². The smallest absolute Gasteiger partial charge is 0.263 e. The molecule has 3 aliphatic heterocycles. The second-order valence-corrected chi connectivity index (χ2v) is 8.29. The van der Waals surface area contributed by atoms with E-state index >= 15 is 0 Å². The minimum atomic E-state index is -1.07. The van der Waals surface area contributed by atoms with Gasteiger partial charge in [-0.2, -0.15) is 5.10 Å². The molecule has 0 bridgehead atoms. The Balaban J connectivity index is 1.36. The van der Waals surface area contributed by atoms with E-state index in [-0.39, 0.29) is 30.4 Å². The van der Waals surface area contributed by atoms with E-state index in [0.29, 0.717) is 17.5 Å². The van der Waals surface area contributed by atoms with Crippen LogP contribution in [0.3, 0.4) is 0 Å². The highest BCUT2D eigenvalue weighted by atomic mass is 19.1. The summed E-state index contributed by atoms with van der Waals surface area (Å²) in [5, 5.41) is 10.0. The van der Waals surface area contributed by atoms with Gasteiger partial charge >= 0.3 is 0 Å². The number of amides is 1. The number of rotatable bonds is 4. The van der Waals surface area contributed by atoms with Crippen molar-refractivity contribution in [1.29, 1.82) is 0 Å². The number of hydrogen-bond acceptors (Lipinski definition) is 8. The van der Waals surface area contributed by atoms with E-state index < -0.39 is 6.17 Å². The number of aryl methyl sites for hydroxylation is 1. The van der Waals surface area contributed by atoms with Gasteiger partial charge in [-0.05, 0) is 12.5 Å². The molecule has 0 saturated carbocycles. The number of aromatic nitrogens is 3. The molecule has 1 amide bonds. The number of anilines is 4. The van der Waals surface area contributed by atoms with Crippen molar-refractivity contribution < 1.29 is 13.9 Å². The maximum absolute atomic E-state index is 13.7. The number of carbonyl (C=O) groups excluding carboxylic acids is 1. The lowest BCUT2D eigenvalue weighted by Crippen LogP contribution is -2.56. The topological polar surface area (TPSA) is 114 Å². The molecule has 10 nitrogen and oxygen atoms in total. The van der Waals surface area contributed by atoms with Crippen LogP contribution in [-0.2, 0) is 11.3 Å². The number of carbonyl (C=O) groups is 1. The van der Waals surface area contributed by atoms with Gasteiger partial charge in [-0.25, -0.2) is 9.07 Å². The van der Waals surface area contributed by atoms with Crippen LogP contribution in [0.2, 0.25) is 0 Å². The van der Waals surface area contributed by atoms with Crippen molar-refractivity contribution in [3.8, 4) is 0 Å². The number of halogens is 1. The van der Waals surface area contributed by atoms with Gasteiger partial charge in [-0.1, -0.05) is 0 Å². The Morgan fingerprint density at radius 2 is 2.06 bits per heavy atom. The molecule has 0 radical (unpaired) electrons. The molecule has 1 atom stereocenters. The Morgan fingerprint density at radius 3 is 2.77 bits per heavy atom. The van der Waals surface area contributed by atoms with E-state index in [2.05, 4.69) is 30.5 Å². The van der Waals surface area contributed by atoms with Crippen LogP contribution < -0.4 is 21.3 Å². The van der Waals surface area contributed by atoms with Crippen molar-refractivity contribution in [2.75, 3.05) is 67.2 Å². The van der Waals surface area contributed by atoms with Crippen molar-refractivity contribution in [3.05, 3.63) is 23.5 Å². The van der Waals surface area contributed by atoms with Crippen LogP contribution in [0.4, 0.5) is 27.4 Å². The summed E-state index contributed by atoms with van der Waals surface area (Å²) >= 11 is 0. The molecule has 1 unspecified atom stereocenters. The minimum Gasteiger partial charge on any atom is -0.381 e. The first-order valence-electron chi connectivity index (χ1n) is 10.6. The number of hydrogen-bond donors (Lipinski definition) is 3. The second-order valence-electron chi connectivity index (χ2n) is 8.29. The molecule has 2 saturated heterocycles. The van der Waals surface area contributed by atoms with Crippen LogP contribution >= 0.6 is 0 Å². The first kappa shape index (κ1) is 20.0. The Kier molecular flexibility index (Phi) is 5.14. The fraction of sp³-hybridized carbons (Fsp3) is 0.550. The predicted molar refractivity (Wildman–Crippen MR) is 115 cm³/mol. The van der Waals surface area contributed by atoms with E-state index in [1.54, 1.807) is 12.4 Å². The molecule has 0 aromatic carbocycles. The van der Waals surface area contributed by atoms with Crippen LogP contribution in [0.25, 0.3) is 0 Å². The number of fused-ring (bicyclic) bond motifs is 1. The third-order valence-corrected chi connectivity index (χ3v) is 6.18. The molecule has 4 N–H and O–H groups in total. The molecule has 166 valence electrons. The molecule has 0 aliphatic carbocycles. The summed E-state index contributed by atoms with van der Waals surface area (Å²) in [4.78, 5) is 22.2. The van der Waals surface area contributed by atoms with E-state index in [1.807, 2.05) is 6.92 Å². The summed E-state index contributed by atoms with van der Waals surface area (Å²) < 4.78 is 20.4. The number of piperazine rings is 1. The lowest BCUT2D eigenvalue weighted by molar-refractivity contribution is -0.0660. The number of ether oxygens (including phenoxy) is 1. The zero-order valence-electron chi connectivity index (χ0n) is 17.5. The van der Waals surface area contributed by atoms with E-state index in [1.165, 1.54) is 4.68 Å². The number of nitrogens with one attached hydrogen (secondary N) is 2. The van der Waals surface area contributed by atoms with Crippen molar-refractivity contribution in [3.63, 3.8) is 0 Å². The van der Waals surface area contributed by atoms with Gasteiger partial charge in [-0.15, -0.1) is 0 Å². The molecule has 3 aliphatic rings. The van der Waals surface area contributed by atoms with Crippen LogP contribution in [0, 0.1) is 6.92 Å². The summed E-state index contributed by atoms with van der Waals surface area (Å²) in [7, 11) is 0. The molecule has 11 heteroatoms. The average molecular weight is 430 g/mol. The summed E-state index contributed by atoms with van der Waals surface area (Å²) in [5.74, 6) is 0.137. The monoisotopic (exact) mass is 430 g/mol. The maximum Gasteiger partial charge on any atom is 0.263 e. The normalized spacial score (nSPS) is 21.9. The maximum atomic E-state index is 13.7. The minimum absolute atomic E-state index is 0.0765. The van der Waals surface area contributed by atoms with Gasteiger partial charge in [0.1, 0.15) is 17.6 Å². The third kappa shape index (κ3) is 3.68. The molecule has 2 fully saturated rings. The number of nitrogens with two attached hydrogens (primary N) is 1. The number of pyridine rings is 1. The fourth-order valence-electron chi connectivity index (χ4n) is 4.47. The summed E-state index contributed by atoms with van der Waals surface area (Å²) in [6, 6.07) is 0.521. The average Bonchev–Trinajstić information content (AvgIpc) is 3.02. The van der Waals surface area contributed by atoms with Crippen molar-refractivity contribution in [2.24, 2.45) is 0 Å². The van der Waals surface area contributed by atoms with Gasteiger partial charge in [0.2, 0.25) is 0 Å². The van der Waals surface area contributed by atoms with E-state index in [4.69, 9.17) is 10.5 Å². The first-order chi connectivity index (χ1) is 15.0. The zero-order valence-corrected chi connectivity index (χ0v) is 17.5. The zero-order chi connectivity index (χ0) is 21.5. The summed E-state index contributed by atoms with van der Waals surface area (Å²) in [6.45, 7) is 7.41. The third-order valence-electron chi connectivity index (χ3n) is 6.18. The number of alkyl halides is 1.